The topological polar surface area (TPSA) is 59.6 Å². The van der Waals surface area contributed by atoms with Crippen molar-refractivity contribution < 1.29 is 14.3 Å². The Morgan fingerprint density at radius 1 is 1.26 bits per heavy atom. The first-order valence-electron chi connectivity index (χ1n) is 6.67. The number of carbonyl (C=O) groups excluding carboxylic acids is 1. The van der Waals surface area contributed by atoms with Crippen molar-refractivity contribution in [2.24, 2.45) is 0 Å². The second kappa shape index (κ2) is 4.74. The molecule has 102 valence electrons. The van der Waals surface area contributed by atoms with Crippen LogP contribution < -0.4 is 20.1 Å². The third-order valence-electron chi connectivity index (χ3n) is 3.52. The molecule has 0 unspecified atom stereocenters. The van der Waals surface area contributed by atoms with Gasteiger partial charge in [-0.3, -0.25) is 4.79 Å². The summed E-state index contributed by atoms with van der Waals surface area (Å²) in [5.74, 6) is 0.977. The predicted octanol–water partition coefficient (Wildman–Crippen LogP) is 1.89. The van der Waals surface area contributed by atoms with E-state index < -0.39 is 5.79 Å². The molecule has 3 rings (SSSR count). The molecule has 1 spiro atoms. The molecule has 2 N–H and O–H groups in total. The van der Waals surface area contributed by atoms with Gasteiger partial charge in [0.15, 0.2) is 11.5 Å². The van der Waals surface area contributed by atoms with Gasteiger partial charge in [-0.05, 0) is 32.0 Å². The fraction of sp³-hybridized carbons (Fsp3) is 0.500. The molecule has 1 aliphatic heterocycles. The standard InChI is InChI=1S/C14H18N2O3/c1-15-9-13(17)16-10-4-5-11-12(8-10)19-14(18-11)6-2-3-7-14/h4-5,8,15H,2-3,6-7,9H2,1H3,(H,16,17). The average molecular weight is 262 g/mol. The number of likely N-dealkylation sites (N-methyl/N-ethyl adjacent to an activating group) is 1. The highest BCUT2D eigenvalue weighted by molar-refractivity contribution is 5.92. The van der Waals surface area contributed by atoms with E-state index in [1.807, 2.05) is 18.2 Å². The first-order chi connectivity index (χ1) is 9.21. The number of hydrogen-bond acceptors (Lipinski definition) is 4. The third-order valence-corrected chi connectivity index (χ3v) is 3.52. The van der Waals surface area contributed by atoms with E-state index in [0.29, 0.717) is 6.54 Å². The minimum atomic E-state index is -0.448. The van der Waals surface area contributed by atoms with Gasteiger partial charge in [-0.25, -0.2) is 0 Å². The highest BCUT2D eigenvalue weighted by Crippen LogP contribution is 2.47. The Morgan fingerprint density at radius 2 is 2.00 bits per heavy atom. The first-order valence-corrected chi connectivity index (χ1v) is 6.67. The van der Waals surface area contributed by atoms with Crippen molar-refractivity contribution in [3.8, 4) is 11.5 Å². The van der Waals surface area contributed by atoms with Gasteiger partial charge >= 0.3 is 0 Å². The summed E-state index contributed by atoms with van der Waals surface area (Å²) >= 11 is 0. The number of nitrogens with one attached hydrogen (secondary N) is 2. The van der Waals surface area contributed by atoms with Gasteiger partial charge in [0.1, 0.15) is 0 Å². The molecule has 19 heavy (non-hydrogen) atoms. The number of hydrogen-bond donors (Lipinski definition) is 2. The summed E-state index contributed by atoms with van der Waals surface area (Å²) < 4.78 is 11.9. The Bertz CT molecular complexity index is 495. The van der Waals surface area contributed by atoms with Crippen LogP contribution in [0.2, 0.25) is 0 Å². The quantitative estimate of drug-likeness (QED) is 0.873. The van der Waals surface area contributed by atoms with Crippen LogP contribution in [-0.2, 0) is 4.79 Å². The van der Waals surface area contributed by atoms with E-state index >= 15 is 0 Å². The molecule has 1 fully saturated rings. The summed E-state index contributed by atoms with van der Waals surface area (Å²) in [4.78, 5) is 11.5. The maximum atomic E-state index is 11.5. The predicted molar refractivity (Wildman–Crippen MR) is 71.5 cm³/mol. The summed E-state index contributed by atoms with van der Waals surface area (Å²) in [7, 11) is 1.74. The first kappa shape index (κ1) is 12.3. The number of carbonyl (C=O) groups is 1. The fourth-order valence-electron chi connectivity index (χ4n) is 2.66. The number of ether oxygens (including phenoxy) is 2. The lowest BCUT2D eigenvalue weighted by molar-refractivity contribution is -0.115. The van der Waals surface area contributed by atoms with E-state index in [4.69, 9.17) is 9.47 Å². The van der Waals surface area contributed by atoms with Crippen molar-refractivity contribution in [2.75, 3.05) is 18.9 Å². The molecule has 0 radical (unpaired) electrons. The van der Waals surface area contributed by atoms with E-state index in [9.17, 15) is 4.79 Å². The van der Waals surface area contributed by atoms with E-state index in [2.05, 4.69) is 10.6 Å². The molecule has 2 aliphatic rings. The Labute approximate surface area is 112 Å². The number of anilines is 1. The molecule has 0 aromatic heterocycles. The molecule has 0 atom stereocenters. The largest absolute Gasteiger partial charge is 0.448 e. The lowest BCUT2D eigenvalue weighted by Gasteiger charge is -2.21. The molecular weight excluding hydrogens is 244 g/mol. The average Bonchev–Trinajstić information content (AvgIpc) is 2.96. The summed E-state index contributed by atoms with van der Waals surface area (Å²) in [6, 6.07) is 5.52. The maximum Gasteiger partial charge on any atom is 0.251 e. The van der Waals surface area contributed by atoms with Crippen LogP contribution in [0, 0.1) is 0 Å². The van der Waals surface area contributed by atoms with Crippen molar-refractivity contribution in [1.29, 1.82) is 0 Å². The van der Waals surface area contributed by atoms with Crippen molar-refractivity contribution in [3.63, 3.8) is 0 Å². The molecule has 1 amide bonds. The zero-order valence-electron chi connectivity index (χ0n) is 11.0. The maximum absolute atomic E-state index is 11.5. The van der Waals surface area contributed by atoms with E-state index in [0.717, 1.165) is 42.9 Å². The second-order valence-electron chi connectivity index (χ2n) is 5.06. The van der Waals surface area contributed by atoms with Gasteiger partial charge in [0, 0.05) is 24.6 Å². The Morgan fingerprint density at radius 3 is 2.74 bits per heavy atom. The zero-order valence-corrected chi connectivity index (χ0v) is 11.0. The van der Waals surface area contributed by atoms with Gasteiger partial charge in [0.2, 0.25) is 5.91 Å². The van der Waals surface area contributed by atoms with Gasteiger partial charge in [-0.15, -0.1) is 0 Å². The highest BCUT2D eigenvalue weighted by Gasteiger charge is 2.44. The number of benzene rings is 1. The summed E-state index contributed by atoms with van der Waals surface area (Å²) in [5, 5.41) is 5.63. The van der Waals surface area contributed by atoms with Crippen LogP contribution in [0.3, 0.4) is 0 Å². The minimum absolute atomic E-state index is 0.0723. The molecular formula is C14H18N2O3. The van der Waals surface area contributed by atoms with Gasteiger partial charge in [-0.1, -0.05) is 0 Å². The van der Waals surface area contributed by atoms with Gasteiger partial charge in [0.25, 0.3) is 5.79 Å². The lowest BCUT2D eigenvalue weighted by Crippen LogP contribution is -2.34. The molecule has 1 aromatic rings. The normalized spacial score (nSPS) is 18.8. The van der Waals surface area contributed by atoms with Crippen LogP contribution in [0.15, 0.2) is 18.2 Å². The minimum Gasteiger partial charge on any atom is -0.448 e. The number of rotatable bonds is 3. The van der Waals surface area contributed by atoms with Gasteiger partial charge in [-0.2, -0.15) is 0 Å². The molecule has 1 heterocycles. The molecule has 0 bridgehead atoms. The number of fused-ring (bicyclic) bond motifs is 1. The van der Waals surface area contributed by atoms with E-state index in [1.165, 1.54) is 0 Å². The summed E-state index contributed by atoms with van der Waals surface area (Å²) in [6.07, 6.45) is 4.14. The summed E-state index contributed by atoms with van der Waals surface area (Å²) in [6.45, 7) is 0.290. The molecule has 5 nitrogen and oxygen atoms in total. The smallest absolute Gasteiger partial charge is 0.251 e. The molecule has 0 saturated heterocycles. The van der Waals surface area contributed by atoms with E-state index in [1.54, 1.807) is 7.05 Å². The van der Waals surface area contributed by atoms with Crippen molar-refractivity contribution in [3.05, 3.63) is 18.2 Å². The van der Waals surface area contributed by atoms with Crippen molar-refractivity contribution in [2.45, 2.75) is 31.5 Å². The van der Waals surface area contributed by atoms with Crippen LogP contribution in [0.1, 0.15) is 25.7 Å². The molecule has 1 aliphatic carbocycles. The zero-order chi connectivity index (χ0) is 13.3. The molecule has 5 heteroatoms. The summed E-state index contributed by atoms with van der Waals surface area (Å²) in [5.41, 5.74) is 0.734. The van der Waals surface area contributed by atoms with Crippen LogP contribution in [0.4, 0.5) is 5.69 Å². The van der Waals surface area contributed by atoms with Crippen molar-refractivity contribution in [1.82, 2.24) is 5.32 Å². The van der Waals surface area contributed by atoms with Gasteiger partial charge < -0.3 is 20.1 Å². The Kier molecular flexibility index (Phi) is 3.06. The molecule has 1 aromatic carbocycles. The monoisotopic (exact) mass is 262 g/mol. The van der Waals surface area contributed by atoms with Crippen LogP contribution in [0.5, 0.6) is 11.5 Å². The highest BCUT2D eigenvalue weighted by atomic mass is 16.7. The van der Waals surface area contributed by atoms with Crippen molar-refractivity contribution >= 4 is 11.6 Å². The van der Waals surface area contributed by atoms with E-state index in [-0.39, 0.29) is 5.91 Å². The number of amides is 1. The second-order valence-corrected chi connectivity index (χ2v) is 5.06. The lowest BCUT2D eigenvalue weighted by atomic mass is 10.2. The third kappa shape index (κ3) is 2.38. The van der Waals surface area contributed by atoms with Crippen LogP contribution in [0.25, 0.3) is 0 Å². The Hall–Kier alpha value is -1.75. The van der Waals surface area contributed by atoms with Crippen LogP contribution in [-0.4, -0.2) is 25.3 Å². The van der Waals surface area contributed by atoms with Crippen LogP contribution >= 0.6 is 0 Å². The SMILES string of the molecule is CNCC(=O)Nc1ccc2c(c1)OC1(CCCC1)O2. The van der Waals surface area contributed by atoms with Gasteiger partial charge in [0.05, 0.1) is 6.54 Å². The Balaban J connectivity index is 1.74. The molecule has 1 saturated carbocycles. The fourth-order valence-corrected chi connectivity index (χ4v) is 2.66.